The van der Waals surface area contributed by atoms with Crippen LogP contribution >= 0.6 is 0 Å². The SMILES string of the molecule is C.C1CCC1.CC(C)C. The number of rotatable bonds is 0. The molecule has 58 valence electrons. The van der Waals surface area contributed by atoms with E-state index in [1.54, 1.807) is 0 Å². The van der Waals surface area contributed by atoms with Gasteiger partial charge in [-0.1, -0.05) is 53.9 Å². The lowest BCUT2D eigenvalue weighted by Crippen LogP contribution is -1.85. The molecule has 1 aliphatic rings. The zero-order chi connectivity index (χ0) is 6.41. The second kappa shape index (κ2) is 8.00. The number of hydrogen-bond acceptors (Lipinski definition) is 0. The second-order valence-electron chi connectivity index (χ2n) is 3.15. The van der Waals surface area contributed by atoms with Crippen LogP contribution in [0.2, 0.25) is 0 Å². The zero-order valence-electron chi connectivity index (χ0n) is 6.41. The van der Waals surface area contributed by atoms with Gasteiger partial charge in [-0.05, 0) is 5.92 Å². The van der Waals surface area contributed by atoms with Crippen LogP contribution in [0, 0.1) is 5.92 Å². The summed E-state index contributed by atoms with van der Waals surface area (Å²) < 4.78 is 0. The average Bonchev–Trinajstić information content (AvgIpc) is 1.19. The van der Waals surface area contributed by atoms with Crippen molar-refractivity contribution in [2.75, 3.05) is 0 Å². The lowest BCUT2D eigenvalue weighted by Gasteiger charge is -2.05. The molecule has 0 unspecified atom stereocenters. The molecule has 0 radical (unpaired) electrons. The van der Waals surface area contributed by atoms with E-state index >= 15 is 0 Å². The lowest BCUT2D eigenvalue weighted by molar-refractivity contribution is 0.504. The molecular formula is C9H22. The quantitative estimate of drug-likeness (QED) is 0.467. The fourth-order valence-electron chi connectivity index (χ4n) is 0.250. The summed E-state index contributed by atoms with van der Waals surface area (Å²) in [4.78, 5) is 0. The largest absolute Gasteiger partial charge is 0.0776 e. The third-order valence-electron chi connectivity index (χ3n) is 1.000. The first kappa shape index (κ1) is 11.8. The van der Waals surface area contributed by atoms with E-state index in [0.717, 1.165) is 5.92 Å². The maximum absolute atomic E-state index is 2.17. The smallest absolute Gasteiger partial charge is 0.0500 e. The molecule has 0 amide bonds. The van der Waals surface area contributed by atoms with Gasteiger partial charge < -0.3 is 0 Å². The Kier molecular flexibility index (Phi) is 10.4. The third-order valence-corrected chi connectivity index (χ3v) is 1.000. The Morgan fingerprint density at radius 3 is 0.889 bits per heavy atom. The third kappa shape index (κ3) is 18.0. The van der Waals surface area contributed by atoms with E-state index in [-0.39, 0.29) is 7.43 Å². The summed E-state index contributed by atoms with van der Waals surface area (Å²) in [6.45, 7) is 6.50. The minimum atomic E-state index is 0. The van der Waals surface area contributed by atoms with Crippen LogP contribution in [0.4, 0.5) is 0 Å². The van der Waals surface area contributed by atoms with Gasteiger partial charge in [-0.3, -0.25) is 0 Å². The molecule has 0 heterocycles. The highest BCUT2D eigenvalue weighted by Gasteiger charge is 1.95. The summed E-state index contributed by atoms with van der Waals surface area (Å²) in [5, 5.41) is 0. The van der Waals surface area contributed by atoms with Crippen molar-refractivity contribution in [1.29, 1.82) is 0 Å². The van der Waals surface area contributed by atoms with Gasteiger partial charge in [0.2, 0.25) is 0 Å². The van der Waals surface area contributed by atoms with Gasteiger partial charge in [0.25, 0.3) is 0 Å². The molecule has 0 aliphatic heterocycles. The Labute approximate surface area is 60.7 Å². The van der Waals surface area contributed by atoms with Gasteiger partial charge in [-0.15, -0.1) is 0 Å². The van der Waals surface area contributed by atoms with E-state index in [4.69, 9.17) is 0 Å². The Hall–Kier alpha value is 0. The van der Waals surface area contributed by atoms with E-state index in [9.17, 15) is 0 Å². The molecule has 0 saturated heterocycles. The highest BCUT2D eigenvalue weighted by Crippen LogP contribution is 2.15. The van der Waals surface area contributed by atoms with Crippen LogP contribution in [0.25, 0.3) is 0 Å². The first-order valence-corrected chi connectivity index (χ1v) is 3.73. The summed E-state index contributed by atoms with van der Waals surface area (Å²) in [5.74, 6) is 0.833. The van der Waals surface area contributed by atoms with Crippen molar-refractivity contribution in [2.24, 2.45) is 5.92 Å². The fraction of sp³-hybridized carbons (Fsp3) is 1.00. The van der Waals surface area contributed by atoms with Crippen molar-refractivity contribution < 1.29 is 0 Å². The summed E-state index contributed by atoms with van der Waals surface area (Å²) >= 11 is 0. The molecular weight excluding hydrogens is 108 g/mol. The molecule has 1 rings (SSSR count). The van der Waals surface area contributed by atoms with Crippen molar-refractivity contribution >= 4 is 0 Å². The fourth-order valence-corrected chi connectivity index (χ4v) is 0.250. The Balaban J connectivity index is 0. The standard InChI is InChI=1S/C4H8.C4H10.CH4/c1-2-4-3-1;1-4(2)3;/h1-4H2;4H,1-3H3;1H4. The normalized spacial score (nSPS) is 14.7. The van der Waals surface area contributed by atoms with Crippen LogP contribution < -0.4 is 0 Å². The monoisotopic (exact) mass is 130 g/mol. The molecule has 1 aliphatic carbocycles. The second-order valence-corrected chi connectivity index (χ2v) is 3.15. The summed E-state index contributed by atoms with van der Waals surface area (Å²) in [5.41, 5.74) is 0. The predicted octanol–water partition coefficient (Wildman–Crippen LogP) is 3.86. The van der Waals surface area contributed by atoms with Gasteiger partial charge in [0.1, 0.15) is 0 Å². The van der Waals surface area contributed by atoms with Gasteiger partial charge >= 0.3 is 0 Å². The highest BCUT2D eigenvalue weighted by molar-refractivity contribution is 4.50. The Morgan fingerprint density at radius 2 is 0.889 bits per heavy atom. The van der Waals surface area contributed by atoms with E-state index < -0.39 is 0 Å². The van der Waals surface area contributed by atoms with E-state index in [1.165, 1.54) is 25.7 Å². The van der Waals surface area contributed by atoms with Gasteiger partial charge in [-0.2, -0.15) is 0 Å². The molecule has 1 saturated carbocycles. The van der Waals surface area contributed by atoms with Gasteiger partial charge in [0.15, 0.2) is 0 Å². The molecule has 0 aromatic rings. The van der Waals surface area contributed by atoms with Crippen LogP contribution in [0.5, 0.6) is 0 Å². The van der Waals surface area contributed by atoms with Crippen molar-refractivity contribution in [3.05, 3.63) is 0 Å². The van der Waals surface area contributed by atoms with Crippen LogP contribution in [-0.4, -0.2) is 0 Å². The summed E-state index contributed by atoms with van der Waals surface area (Å²) in [6, 6.07) is 0. The van der Waals surface area contributed by atoms with Crippen molar-refractivity contribution in [3.8, 4) is 0 Å². The van der Waals surface area contributed by atoms with Crippen LogP contribution in [0.1, 0.15) is 53.9 Å². The van der Waals surface area contributed by atoms with Gasteiger partial charge in [0.05, 0.1) is 0 Å². The van der Waals surface area contributed by atoms with E-state index in [0.29, 0.717) is 0 Å². The molecule has 0 aromatic carbocycles. The van der Waals surface area contributed by atoms with E-state index in [1.807, 2.05) is 0 Å². The molecule has 0 aromatic heterocycles. The molecule has 1 fully saturated rings. The minimum Gasteiger partial charge on any atom is -0.0776 e. The van der Waals surface area contributed by atoms with Gasteiger partial charge in [-0.25, -0.2) is 0 Å². The molecule has 0 heteroatoms. The van der Waals surface area contributed by atoms with Crippen LogP contribution in [0.15, 0.2) is 0 Å². The molecule has 0 nitrogen and oxygen atoms in total. The zero-order valence-corrected chi connectivity index (χ0v) is 6.41. The minimum absolute atomic E-state index is 0. The van der Waals surface area contributed by atoms with Crippen molar-refractivity contribution in [3.63, 3.8) is 0 Å². The maximum Gasteiger partial charge on any atom is -0.0500 e. The average molecular weight is 130 g/mol. The number of hydrogen-bond donors (Lipinski definition) is 0. The molecule has 9 heavy (non-hydrogen) atoms. The first-order chi connectivity index (χ1) is 3.73. The Bertz CT molecular complexity index is 26.5. The van der Waals surface area contributed by atoms with E-state index in [2.05, 4.69) is 20.8 Å². The first-order valence-electron chi connectivity index (χ1n) is 3.73. The molecule has 0 bridgehead atoms. The topological polar surface area (TPSA) is 0 Å². The summed E-state index contributed by atoms with van der Waals surface area (Å²) in [6.07, 6.45) is 6.00. The summed E-state index contributed by atoms with van der Waals surface area (Å²) in [7, 11) is 0. The molecule has 0 spiro atoms. The van der Waals surface area contributed by atoms with Gasteiger partial charge in [0, 0.05) is 0 Å². The van der Waals surface area contributed by atoms with Crippen LogP contribution in [-0.2, 0) is 0 Å². The molecule has 0 N–H and O–H groups in total. The van der Waals surface area contributed by atoms with Crippen molar-refractivity contribution in [2.45, 2.75) is 53.9 Å². The Morgan fingerprint density at radius 1 is 0.778 bits per heavy atom. The lowest BCUT2D eigenvalue weighted by atomic mass is 10.0. The highest BCUT2D eigenvalue weighted by atomic mass is 14.0. The molecule has 0 atom stereocenters. The van der Waals surface area contributed by atoms with Crippen molar-refractivity contribution in [1.82, 2.24) is 0 Å². The maximum atomic E-state index is 2.17. The van der Waals surface area contributed by atoms with Crippen LogP contribution in [0.3, 0.4) is 0 Å². The predicted molar refractivity (Wildman–Crippen MR) is 45.7 cm³/mol.